The highest BCUT2D eigenvalue weighted by atomic mass is 35.5. The van der Waals surface area contributed by atoms with Crippen molar-refractivity contribution in [3.05, 3.63) is 105 Å². The van der Waals surface area contributed by atoms with Gasteiger partial charge in [-0.15, -0.1) is 0 Å². The smallest absolute Gasteiger partial charge is 0.497 e. The van der Waals surface area contributed by atoms with Crippen molar-refractivity contribution in [2.45, 2.75) is 9.79 Å². The van der Waals surface area contributed by atoms with Crippen LogP contribution in [0.5, 0.6) is 11.5 Å². The molecule has 0 aromatic heterocycles. The van der Waals surface area contributed by atoms with Crippen molar-refractivity contribution in [2.24, 2.45) is 0 Å². The summed E-state index contributed by atoms with van der Waals surface area (Å²) in [7, 11) is 0. The van der Waals surface area contributed by atoms with Crippen LogP contribution in [0, 0.1) is 22.7 Å². The zero-order chi connectivity index (χ0) is 28.6. The van der Waals surface area contributed by atoms with Crippen molar-refractivity contribution in [3.8, 4) is 34.8 Å². The summed E-state index contributed by atoms with van der Waals surface area (Å²) < 4.78 is 38.3. The molecule has 198 valence electrons. The Labute approximate surface area is 246 Å². The molecule has 40 heavy (non-hydrogen) atoms. The van der Waals surface area contributed by atoms with Gasteiger partial charge in [0.1, 0.15) is 17.8 Å². The fraction of sp³-hybridized carbons (Fsp3) is 0.0357. The molecule has 7 nitrogen and oxygen atoms in total. The second kappa shape index (κ2) is 11.2. The molecule has 2 unspecified atom stereocenters. The van der Waals surface area contributed by atoms with Crippen molar-refractivity contribution >= 4 is 58.3 Å². The third kappa shape index (κ3) is 5.59. The predicted octanol–water partition coefficient (Wildman–Crippen LogP) is 8.04. The Kier molecular flexibility index (Phi) is 7.90. The molecule has 4 aromatic rings. The summed E-state index contributed by atoms with van der Waals surface area (Å²) in [5.74, 6) is -0.419. The summed E-state index contributed by atoms with van der Waals surface area (Å²) in [4.78, 5) is 14.5. The van der Waals surface area contributed by atoms with E-state index in [2.05, 4.69) is 0 Å². The van der Waals surface area contributed by atoms with E-state index < -0.39 is 23.8 Å². The fourth-order valence-electron chi connectivity index (χ4n) is 4.01. The van der Waals surface area contributed by atoms with Crippen LogP contribution >= 0.6 is 41.4 Å². The van der Waals surface area contributed by atoms with Gasteiger partial charge in [-0.1, -0.05) is 23.2 Å². The molecule has 0 amide bonds. The van der Waals surface area contributed by atoms with Crippen LogP contribution in [0.25, 0.3) is 11.1 Å². The average Bonchev–Trinajstić information content (AvgIpc) is 3.22. The topological polar surface area (TPSA) is 123 Å². The Morgan fingerprint density at radius 1 is 0.850 bits per heavy atom. The van der Waals surface area contributed by atoms with Crippen molar-refractivity contribution < 1.29 is 23.0 Å². The van der Waals surface area contributed by atoms with Gasteiger partial charge in [0.15, 0.2) is 10.7 Å². The molecule has 1 aliphatic rings. The number of nitriles is 2. The minimum Gasteiger partial charge on any atom is -0.612 e. The molecular weight excluding hydrogens is 610 g/mol. The molecule has 4 aromatic carbocycles. The molecule has 0 heterocycles. The van der Waals surface area contributed by atoms with Gasteiger partial charge >= 0.3 is 6.80 Å². The number of hydrogen-bond donors (Lipinski definition) is 0. The van der Waals surface area contributed by atoms with Crippen molar-refractivity contribution in [1.29, 1.82) is 10.5 Å². The zero-order valence-corrected chi connectivity index (χ0v) is 24.4. The SMILES string of the molecule is C[S+]([O-])c1ccc2c(c1)-c1cc(C#N)cc(OP(=O)(Oc3ccc(Cl)c(Cl)c3)Sc3ccc(C#N)cc3)c1C2=O. The number of fused-ring (bicyclic) bond motifs is 3. The molecule has 0 radical (unpaired) electrons. The Bertz CT molecular complexity index is 1820. The second-order valence-electron chi connectivity index (χ2n) is 8.43. The lowest BCUT2D eigenvalue weighted by Gasteiger charge is -2.21. The van der Waals surface area contributed by atoms with Gasteiger partial charge in [-0.3, -0.25) is 4.79 Å². The first-order valence-corrected chi connectivity index (χ1v) is 16.6. The Morgan fingerprint density at radius 3 is 2.23 bits per heavy atom. The molecule has 0 saturated carbocycles. The van der Waals surface area contributed by atoms with E-state index in [0.717, 1.165) is 11.4 Å². The monoisotopic (exact) mass is 624 g/mol. The van der Waals surface area contributed by atoms with Crippen molar-refractivity contribution in [2.75, 3.05) is 6.26 Å². The van der Waals surface area contributed by atoms with Gasteiger partial charge in [-0.25, -0.2) is 4.57 Å². The van der Waals surface area contributed by atoms with E-state index in [1.54, 1.807) is 42.5 Å². The Balaban J connectivity index is 1.62. The van der Waals surface area contributed by atoms with E-state index in [-0.39, 0.29) is 32.7 Å². The summed E-state index contributed by atoms with van der Waals surface area (Å²) in [6, 6.07) is 22.3. The van der Waals surface area contributed by atoms with Gasteiger partial charge in [0, 0.05) is 34.0 Å². The van der Waals surface area contributed by atoms with Crippen LogP contribution in [-0.4, -0.2) is 16.6 Å². The standard InChI is InChI=1S/C28H15Cl2N2O5PS2/c1-40(35)20-7-8-21-22(13-20)23-10-17(15-32)11-26(27(23)28(21)33)37-38(34,36-18-4-9-24(29)25(30)12-18)39-19-5-2-16(14-31)3-6-19/h2-13H,1H3. The molecule has 2 atom stereocenters. The summed E-state index contributed by atoms with van der Waals surface area (Å²) in [5, 5.41) is 19.3. The lowest BCUT2D eigenvalue weighted by atomic mass is 10.0. The van der Waals surface area contributed by atoms with E-state index in [0.29, 0.717) is 32.0 Å². The zero-order valence-electron chi connectivity index (χ0n) is 20.4. The average molecular weight is 625 g/mol. The number of rotatable bonds is 7. The maximum absolute atomic E-state index is 14.3. The van der Waals surface area contributed by atoms with Gasteiger partial charge in [0.05, 0.1) is 38.9 Å². The molecule has 12 heteroatoms. The van der Waals surface area contributed by atoms with E-state index >= 15 is 0 Å². The molecule has 0 aliphatic heterocycles. The first-order chi connectivity index (χ1) is 19.1. The lowest BCUT2D eigenvalue weighted by molar-refractivity contribution is 0.104. The van der Waals surface area contributed by atoms with Gasteiger partial charge in [-0.05, 0) is 83.0 Å². The molecule has 0 N–H and O–H groups in total. The molecule has 0 fully saturated rings. The fourth-order valence-corrected chi connectivity index (χ4v) is 8.09. The predicted molar refractivity (Wildman–Crippen MR) is 155 cm³/mol. The molecule has 0 saturated heterocycles. The Morgan fingerprint density at radius 2 is 1.57 bits per heavy atom. The highest BCUT2D eigenvalue weighted by molar-refractivity contribution is 8.55. The summed E-state index contributed by atoms with van der Waals surface area (Å²) in [6.07, 6.45) is 1.52. The highest BCUT2D eigenvalue weighted by Crippen LogP contribution is 2.64. The van der Waals surface area contributed by atoms with Gasteiger partial charge in [-0.2, -0.15) is 10.5 Å². The minimum absolute atomic E-state index is 0.0941. The number of nitrogens with zero attached hydrogens (tertiary/aromatic N) is 2. The van der Waals surface area contributed by atoms with Crippen LogP contribution in [0.3, 0.4) is 0 Å². The number of hydrogen-bond acceptors (Lipinski definition) is 8. The van der Waals surface area contributed by atoms with Crippen LogP contribution < -0.4 is 9.05 Å². The quantitative estimate of drug-likeness (QED) is 0.132. The number of carbonyl (C=O) groups excluding carboxylic acids is 1. The summed E-state index contributed by atoms with van der Waals surface area (Å²) in [6.45, 7) is -4.23. The van der Waals surface area contributed by atoms with E-state index in [1.165, 1.54) is 36.6 Å². The van der Waals surface area contributed by atoms with E-state index in [1.807, 2.05) is 12.1 Å². The van der Waals surface area contributed by atoms with Crippen LogP contribution in [0.15, 0.2) is 82.6 Å². The number of halogens is 2. The lowest BCUT2D eigenvalue weighted by Crippen LogP contribution is -2.04. The van der Waals surface area contributed by atoms with Crippen molar-refractivity contribution in [1.82, 2.24) is 0 Å². The van der Waals surface area contributed by atoms with Crippen molar-refractivity contribution in [3.63, 3.8) is 0 Å². The number of ketones is 1. The maximum Gasteiger partial charge on any atom is 0.497 e. The molecule has 0 spiro atoms. The second-order valence-corrected chi connectivity index (χ2v) is 14.4. The van der Waals surface area contributed by atoms with Crippen LogP contribution in [0.1, 0.15) is 27.0 Å². The van der Waals surface area contributed by atoms with Gasteiger partial charge < -0.3 is 13.6 Å². The summed E-state index contributed by atoms with van der Waals surface area (Å²) >= 11 is 11.6. The third-order valence-corrected chi connectivity index (χ3v) is 10.8. The highest BCUT2D eigenvalue weighted by Gasteiger charge is 2.37. The van der Waals surface area contributed by atoms with E-state index in [4.69, 9.17) is 37.5 Å². The molecular formula is C28H15Cl2N2O5PS2. The summed E-state index contributed by atoms with van der Waals surface area (Å²) in [5.41, 5.74) is 1.89. The first kappa shape index (κ1) is 28.1. The van der Waals surface area contributed by atoms with Crippen LogP contribution in [0.4, 0.5) is 0 Å². The van der Waals surface area contributed by atoms with E-state index in [9.17, 15) is 19.2 Å². The normalized spacial score (nSPS) is 13.8. The van der Waals surface area contributed by atoms with Gasteiger partial charge in [0.25, 0.3) is 0 Å². The maximum atomic E-state index is 14.3. The number of carbonyl (C=O) groups is 1. The van der Waals surface area contributed by atoms with Crippen LogP contribution in [0.2, 0.25) is 10.0 Å². The number of benzene rings is 4. The van der Waals surface area contributed by atoms with Crippen LogP contribution in [-0.2, 0) is 15.7 Å². The van der Waals surface area contributed by atoms with Gasteiger partial charge in [0.2, 0.25) is 0 Å². The minimum atomic E-state index is -4.23. The molecule has 0 bridgehead atoms. The Hall–Kier alpha value is -3.40. The molecule has 5 rings (SSSR count). The third-order valence-electron chi connectivity index (χ3n) is 5.84. The largest absolute Gasteiger partial charge is 0.612 e. The molecule has 1 aliphatic carbocycles. The first-order valence-electron chi connectivity index (χ1n) is 11.4.